The van der Waals surface area contributed by atoms with Crippen LogP contribution in [0.4, 0.5) is 4.79 Å². The molecule has 4 nitrogen and oxygen atoms in total. The van der Waals surface area contributed by atoms with Crippen LogP contribution in [0.25, 0.3) is 5.57 Å². The van der Waals surface area contributed by atoms with Crippen LogP contribution in [0.2, 0.25) is 0 Å². The summed E-state index contributed by atoms with van der Waals surface area (Å²) in [6, 6.07) is 16.8. The van der Waals surface area contributed by atoms with Gasteiger partial charge in [0.25, 0.3) is 0 Å². The van der Waals surface area contributed by atoms with Crippen molar-refractivity contribution >= 4 is 11.7 Å². The van der Waals surface area contributed by atoms with Crippen molar-refractivity contribution in [3.63, 3.8) is 0 Å². The number of carbonyl (C=O) groups excluding carboxylic acids is 1. The molecule has 27 heavy (non-hydrogen) atoms. The highest BCUT2D eigenvalue weighted by Crippen LogP contribution is 2.43. The second-order valence-electron chi connectivity index (χ2n) is 7.01. The lowest BCUT2D eigenvalue weighted by Gasteiger charge is -2.29. The first kappa shape index (κ1) is 17.7. The summed E-state index contributed by atoms with van der Waals surface area (Å²) in [6.07, 6.45) is 1.50. The molecular weight excluding hydrogens is 338 g/mol. The van der Waals surface area contributed by atoms with E-state index in [-0.39, 0.29) is 12.2 Å². The van der Waals surface area contributed by atoms with Crippen LogP contribution in [0.5, 0.6) is 5.75 Å². The van der Waals surface area contributed by atoms with Gasteiger partial charge in [0, 0.05) is 18.7 Å². The molecule has 1 atom stereocenters. The van der Waals surface area contributed by atoms with E-state index in [0.717, 1.165) is 24.2 Å². The maximum atomic E-state index is 12.0. The van der Waals surface area contributed by atoms with E-state index < -0.39 is 0 Å². The van der Waals surface area contributed by atoms with Gasteiger partial charge in [-0.2, -0.15) is 0 Å². The average molecular weight is 363 g/mol. The summed E-state index contributed by atoms with van der Waals surface area (Å²) >= 11 is 0. The Labute approximate surface area is 160 Å². The molecule has 0 N–H and O–H groups in total. The molecule has 4 rings (SSSR count). The second kappa shape index (κ2) is 7.47. The highest BCUT2D eigenvalue weighted by molar-refractivity contribution is 5.87. The average Bonchev–Trinajstić information content (AvgIpc) is 2.82. The molecule has 2 aliphatic rings. The molecule has 1 amide bonds. The maximum Gasteiger partial charge on any atom is 0.409 e. The van der Waals surface area contributed by atoms with E-state index in [1.165, 1.54) is 22.3 Å². The van der Waals surface area contributed by atoms with Gasteiger partial charge < -0.3 is 14.4 Å². The summed E-state index contributed by atoms with van der Waals surface area (Å²) < 4.78 is 11.4. The smallest absolute Gasteiger partial charge is 0.409 e. The molecule has 4 heteroatoms. The van der Waals surface area contributed by atoms with E-state index in [1.54, 1.807) is 4.90 Å². The van der Waals surface area contributed by atoms with Crippen molar-refractivity contribution < 1.29 is 14.3 Å². The molecular formula is C23H25NO3. The Bertz CT molecular complexity index is 877. The van der Waals surface area contributed by atoms with E-state index >= 15 is 0 Å². The monoisotopic (exact) mass is 363 g/mol. The maximum absolute atomic E-state index is 12.0. The van der Waals surface area contributed by atoms with Gasteiger partial charge in [-0.1, -0.05) is 48.0 Å². The van der Waals surface area contributed by atoms with Crippen LogP contribution in [-0.2, 0) is 4.74 Å². The van der Waals surface area contributed by atoms with Gasteiger partial charge in [-0.05, 0) is 49.5 Å². The third-order valence-corrected chi connectivity index (χ3v) is 5.37. The molecule has 0 radical (unpaired) electrons. The molecule has 0 saturated carbocycles. The molecule has 1 unspecified atom stereocenters. The number of carbonyl (C=O) groups is 1. The van der Waals surface area contributed by atoms with E-state index in [0.29, 0.717) is 19.7 Å². The second-order valence-corrected chi connectivity index (χ2v) is 7.01. The highest BCUT2D eigenvalue weighted by atomic mass is 16.6. The molecule has 0 aliphatic carbocycles. The van der Waals surface area contributed by atoms with Gasteiger partial charge >= 0.3 is 6.09 Å². The number of amides is 1. The van der Waals surface area contributed by atoms with Crippen LogP contribution in [0.1, 0.15) is 49.5 Å². The van der Waals surface area contributed by atoms with Gasteiger partial charge in [-0.15, -0.1) is 0 Å². The largest absolute Gasteiger partial charge is 0.485 e. The molecule has 2 aliphatic heterocycles. The zero-order chi connectivity index (χ0) is 18.8. The van der Waals surface area contributed by atoms with Gasteiger partial charge in [-0.3, -0.25) is 0 Å². The van der Waals surface area contributed by atoms with Gasteiger partial charge in [0.15, 0.2) is 0 Å². The molecule has 0 spiro atoms. The predicted octanol–water partition coefficient (Wildman–Crippen LogP) is 5.19. The van der Waals surface area contributed by atoms with Crippen LogP contribution in [0.3, 0.4) is 0 Å². The zero-order valence-corrected chi connectivity index (χ0v) is 15.9. The number of likely N-dealkylation sites (tertiary alicyclic amines) is 1. The number of rotatable bonds is 1. The van der Waals surface area contributed by atoms with Crippen molar-refractivity contribution in [1.82, 2.24) is 4.90 Å². The Morgan fingerprint density at radius 1 is 1.07 bits per heavy atom. The first-order valence-electron chi connectivity index (χ1n) is 9.68. The minimum atomic E-state index is -0.208. The van der Waals surface area contributed by atoms with Gasteiger partial charge in [0.2, 0.25) is 0 Å². The first-order valence-corrected chi connectivity index (χ1v) is 9.68. The van der Waals surface area contributed by atoms with Crippen molar-refractivity contribution in [3.05, 3.63) is 70.8 Å². The number of piperidine rings is 1. The normalized spacial score (nSPS) is 18.9. The fourth-order valence-corrected chi connectivity index (χ4v) is 4.06. The summed E-state index contributed by atoms with van der Waals surface area (Å²) in [4.78, 5) is 13.9. The molecule has 0 aromatic heterocycles. The lowest BCUT2D eigenvalue weighted by Crippen LogP contribution is -2.37. The van der Waals surface area contributed by atoms with Crippen LogP contribution in [-0.4, -0.2) is 30.7 Å². The van der Waals surface area contributed by atoms with E-state index in [2.05, 4.69) is 43.3 Å². The number of nitrogens with zero attached hydrogens (tertiary/aromatic N) is 1. The van der Waals surface area contributed by atoms with Crippen LogP contribution in [0.15, 0.2) is 54.1 Å². The quantitative estimate of drug-likeness (QED) is 0.699. The molecule has 2 aromatic rings. The Morgan fingerprint density at radius 2 is 1.74 bits per heavy atom. The van der Waals surface area contributed by atoms with Crippen molar-refractivity contribution in [3.8, 4) is 5.75 Å². The lowest BCUT2D eigenvalue weighted by atomic mass is 9.86. The third kappa shape index (κ3) is 3.32. The minimum Gasteiger partial charge on any atom is -0.485 e. The predicted molar refractivity (Wildman–Crippen MR) is 106 cm³/mol. The van der Waals surface area contributed by atoms with Crippen molar-refractivity contribution in [2.24, 2.45) is 0 Å². The SMILES string of the molecule is CCOC(=O)N1CCC(=C2c3ccccc3OC(C)c3ccccc32)CC1. The lowest BCUT2D eigenvalue weighted by molar-refractivity contribution is 0.104. The summed E-state index contributed by atoms with van der Waals surface area (Å²) in [6.45, 7) is 5.75. The number of hydrogen-bond acceptors (Lipinski definition) is 3. The van der Waals surface area contributed by atoms with Gasteiger partial charge in [0.1, 0.15) is 11.9 Å². The number of hydrogen-bond donors (Lipinski definition) is 0. The van der Waals surface area contributed by atoms with Crippen LogP contribution < -0.4 is 4.74 Å². The summed E-state index contributed by atoms with van der Waals surface area (Å²) in [5, 5.41) is 0. The van der Waals surface area contributed by atoms with Crippen molar-refractivity contribution in [2.75, 3.05) is 19.7 Å². The number of fused-ring (bicyclic) bond motifs is 2. The fourth-order valence-electron chi connectivity index (χ4n) is 4.06. The van der Waals surface area contributed by atoms with E-state index in [9.17, 15) is 4.79 Å². The Hall–Kier alpha value is -2.75. The topological polar surface area (TPSA) is 38.8 Å². The fraction of sp³-hybridized carbons (Fsp3) is 0.348. The molecule has 0 bridgehead atoms. The number of benzene rings is 2. The molecule has 140 valence electrons. The standard InChI is InChI=1S/C23H25NO3/c1-3-26-23(25)24-14-12-17(13-15-24)22-19-9-5-4-8-18(19)16(2)27-21-11-7-6-10-20(21)22/h4-11,16H,3,12-15H2,1-2H3. The molecule has 2 aromatic carbocycles. The molecule has 1 saturated heterocycles. The van der Waals surface area contributed by atoms with Gasteiger partial charge in [0.05, 0.1) is 6.61 Å². The summed E-state index contributed by atoms with van der Waals surface area (Å²) in [7, 11) is 0. The Morgan fingerprint density at radius 3 is 2.48 bits per heavy atom. The van der Waals surface area contributed by atoms with Crippen molar-refractivity contribution in [1.29, 1.82) is 0 Å². The highest BCUT2D eigenvalue weighted by Gasteiger charge is 2.28. The number of ether oxygens (including phenoxy) is 2. The third-order valence-electron chi connectivity index (χ3n) is 5.37. The first-order chi connectivity index (χ1) is 13.2. The van der Waals surface area contributed by atoms with Crippen molar-refractivity contribution in [2.45, 2.75) is 32.8 Å². The minimum absolute atomic E-state index is 0.0000658. The molecule has 2 heterocycles. The van der Waals surface area contributed by atoms with E-state index in [1.807, 2.05) is 19.1 Å². The molecule has 1 fully saturated rings. The van der Waals surface area contributed by atoms with E-state index in [4.69, 9.17) is 9.47 Å². The van der Waals surface area contributed by atoms with Crippen LogP contribution >= 0.6 is 0 Å². The zero-order valence-electron chi connectivity index (χ0n) is 15.9. The van der Waals surface area contributed by atoms with Gasteiger partial charge in [-0.25, -0.2) is 4.79 Å². The Balaban J connectivity index is 1.77. The number of para-hydroxylation sites is 1. The summed E-state index contributed by atoms with van der Waals surface area (Å²) in [5.74, 6) is 0.927. The summed E-state index contributed by atoms with van der Waals surface area (Å²) in [5.41, 5.74) is 6.26. The van der Waals surface area contributed by atoms with Crippen LogP contribution in [0, 0.1) is 0 Å². The Kier molecular flexibility index (Phi) is 4.88.